The van der Waals surface area contributed by atoms with E-state index in [-0.39, 0.29) is 17.5 Å². The predicted molar refractivity (Wildman–Crippen MR) is 98.8 cm³/mol. The van der Waals surface area contributed by atoms with E-state index >= 15 is 0 Å². The zero-order valence-electron chi connectivity index (χ0n) is 14.1. The van der Waals surface area contributed by atoms with Crippen LogP contribution in [0.2, 0.25) is 5.02 Å². The number of halogens is 2. The van der Waals surface area contributed by atoms with Crippen molar-refractivity contribution < 1.29 is 14.0 Å². The summed E-state index contributed by atoms with van der Waals surface area (Å²) < 4.78 is 13.4. The molecule has 136 valence electrons. The van der Waals surface area contributed by atoms with E-state index in [1.807, 2.05) is 11.0 Å². The van der Waals surface area contributed by atoms with Gasteiger partial charge in [0.2, 0.25) is 0 Å². The van der Waals surface area contributed by atoms with Gasteiger partial charge >= 0.3 is 6.03 Å². The molecule has 5 nitrogen and oxygen atoms in total. The first-order chi connectivity index (χ1) is 12.5. The summed E-state index contributed by atoms with van der Waals surface area (Å²) in [7, 11) is 0. The largest absolute Gasteiger partial charge is 0.339 e. The van der Waals surface area contributed by atoms with Gasteiger partial charge in [-0.15, -0.1) is 0 Å². The summed E-state index contributed by atoms with van der Waals surface area (Å²) in [6, 6.07) is 10.8. The van der Waals surface area contributed by atoms with Crippen LogP contribution in [0.3, 0.4) is 0 Å². The molecule has 0 radical (unpaired) electrons. The Labute approximate surface area is 156 Å². The lowest BCUT2D eigenvalue weighted by Crippen LogP contribution is -2.29. The second kappa shape index (κ2) is 8.19. The Morgan fingerprint density at radius 2 is 1.88 bits per heavy atom. The summed E-state index contributed by atoms with van der Waals surface area (Å²) in [6.45, 7) is 1.84. The molecule has 2 aromatic rings. The number of carbonyl (C=O) groups is 2. The SMILES string of the molecule is O=C(NCc1cccc(C(=O)N2CCCC2)c1)Nc1ccc(Cl)c(F)c1. The first-order valence-corrected chi connectivity index (χ1v) is 8.79. The van der Waals surface area contributed by atoms with Gasteiger partial charge < -0.3 is 15.5 Å². The number of likely N-dealkylation sites (tertiary alicyclic amines) is 1. The standard InChI is InChI=1S/C19H19ClFN3O2/c20-16-7-6-15(11-17(16)21)23-19(26)22-12-13-4-3-5-14(10-13)18(25)24-8-1-2-9-24/h3-7,10-11H,1-2,8-9,12H2,(H2,22,23,26). The van der Waals surface area contributed by atoms with Crippen LogP contribution in [0.1, 0.15) is 28.8 Å². The van der Waals surface area contributed by atoms with Gasteiger partial charge in [0.15, 0.2) is 0 Å². The van der Waals surface area contributed by atoms with Gasteiger partial charge in [-0.3, -0.25) is 4.79 Å². The highest BCUT2D eigenvalue weighted by molar-refractivity contribution is 6.30. The van der Waals surface area contributed by atoms with Gasteiger partial charge in [0.1, 0.15) is 5.82 Å². The van der Waals surface area contributed by atoms with Gasteiger partial charge in [-0.2, -0.15) is 0 Å². The van der Waals surface area contributed by atoms with Crippen LogP contribution < -0.4 is 10.6 Å². The zero-order valence-corrected chi connectivity index (χ0v) is 14.9. The summed E-state index contributed by atoms with van der Waals surface area (Å²) in [5, 5.41) is 5.22. The van der Waals surface area contributed by atoms with E-state index in [1.54, 1.807) is 18.2 Å². The molecule has 0 aromatic heterocycles. The lowest BCUT2D eigenvalue weighted by Gasteiger charge is -2.15. The van der Waals surface area contributed by atoms with Crippen molar-refractivity contribution >= 4 is 29.2 Å². The molecule has 2 N–H and O–H groups in total. The van der Waals surface area contributed by atoms with E-state index in [9.17, 15) is 14.0 Å². The number of nitrogens with zero attached hydrogens (tertiary/aromatic N) is 1. The van der Waals surface area contributed by atoms with E-state index < -0.39 is 11.8 Å². The van der Waals surface area contributed by atoms with Crippen LogP contribution in [0, 0.1) is 5.82 Å². The van der Waals surface area contributed by atoms with Gasteiger partial charge in [-0.05, 0) is 48.7 Å². The Hall–Kier alpha value is -2.60. The maximum Gasteiger partial charge on any atom is 0.319 e. The van der Waals surface area contributed by atoms with Crippen LogP contribution in [0.25, 0.3) is 0 Å². The van der Waals surface area contributed by atoms with Gasteiger partial charge in [0.05, 0.1) is 5.02 Å². The third-order valence-electron chi connectivity index (χ3n) is 4.20. The van der Waals surface area contributed by atoms with Crippen molar-refractivity contribution in [1.29, 1.82) is 0 Å². The predicted octanol–water partition coefficient (Wildman–Crippen LogP) is 4.04. The third-order valence-corrected chi connectivity index (χ3v) is 4.50. The fraction of sp³-hybridized carbons (Fsp3) is 0.263. The highest BCUT2D eigenvalue weighted by atomic mass is 35.5. The quantitative estimate of drug-likeness (QED) is 0.847. The first kappa shape index (κ1) is 18.2. The summed E-state index contributed by atoms with van der Waals surface area (Å²) in [4.78, 5) is 26.2. The summed E-state index contributed by atoms with van der Waals surface area (Å²) in [5.74, 6) is -0.581. The van der Waals surface area contributed by atoms with Crippen LogP contribution in [0.5, 0.6) is 0 Å². The molecule has 3 amide bonds. The maximum absolute atomic E-state index is 13.4. The van der Waals surface area contributed by atoms with Crippen molar-refractivity contribution in [2.45, 2.75) is 19.4 Å². The number of rotatable bonds is 4. The number of hydrogen-bond acceptors (Lipinski definition) is 2. The number of carbonyl (C=O) groups excluding carboxylic acids is 2. The third kappa shape index (κ3) is 4.52. The minimum absolute atomic E-state index is 0.00422. The molecule has 0 unspecified atom stereocenters. The van der Waals surface area contributed by atoms with Crippen molar-refractivity contribution in [2.75, 3.05) is 18.4 Å². The molecule has 3 rings (SSSR count). The van der Waals surface area contributed by atoms with Gasteiger partial charge in [0, 0.05) is 30.9 Å². The topological polar surface area (TPSA) is 61.4 Å². The summed E-state index contributed by atoms with van der Waals surface area (Å²) in [6.07, 6.45) is 2.08. The lowest BCUT2D eigenvalue weighted by atomic mass is 10.1. The smallest absolute Gasteiger partial charge is 0.319 e. The minimum Gasteiger partial charge on any atom is -0.339 e. The normalized spacial score (nSPS) is 13.5. The van der Waals surface area contributed by atoms with E-state index in [0.29, 0.717) is 11.3 Å². The molecule has 1 heterocycles. The molecule has 1 fully saturated rings. The average Bonchev–Trinajstić information content (AvgIpc) is 3.17. The molecule has 0 spiro atoms. The summed E-state index contributed by atoms with van der Waals surface area (Å²) in [5.41, 5.74) is 1.74. The molecule has 0 bridgehead atoms. The summed E-state index contributed by atoms with van der Waals surface area (Å²) >= 11 is 5.61. The Kier molecular flexibility index (Phi) is 5.73. The lowest BCUT2D eigenvalue weighted by molar-refractivity contribution is 0.0792. The molecule has 1 saturated heterocycles. The fourth-order valence-corrected chi connectivity index (χ4v) is 2.97. The van der Waals surface area contributed by atoms with Crippen LogP contribution in [-0.4, -0.2) is 29.9 Å². The second-order valence-corrected chi connectivity index (χ2v) is 6.54. The number of hydrogen-bond donors (Lipinski definition) is 2. The Balaban J connectivity index is 1.57. The van der Waals surface area contributed by atoms with Gasteiger partial charge in [-0.25, -0.2) is 9.18 Å². The van der Waals surface area contributed by atoms with E-state index in [4.69, 9.17) is 11.6 Å². The average molecular weight is 376 g/mol. The molecule has 0 atom stereocenters. The fourth-order valence-electron chi connectivity index (χ4n) is 2.85. The van der Waals surface area contributed by atoms with Gasteiger partial charge in [-0.1, -0.05) is 23.7 Å². The van der Waals surface area contributed by atoms with Crippen LogP contribution in [0.4, 0.5) is 14.9 Å². The highest BCUT2D eigenvalue weighted by Gasteiger charge is 2.19. The molecule has 7 heteroatoms. The molecule has 0 saturated carbocycles. The number of benzene rings is 2. The molecular weight excluding hydrogens is 357 g/mol. The van der Waals surface area contributed by atoms with E-state index in [1.165, 1.54) is 12.1 Å². The molecule has 26 heavy (non-hydrogen) atoms. The van der Waals surface area contributed by atoms with Crippen LogP contribution in [0.15, 0.2) is 42.5 Å². The van der Waals surface area contributed by atoms with Crippen molar-refractivity contribution in [2.24, 2.45) is 0 Å². The maximum atomic E-state index is 13.4. The number of anilines is 1. The van der Waals surface area contributed by atoms with Crippen molar-refractivity contribution in [3.05, 3.63) is 64.4 Å². The monoisotopic (exact) mass is 375 g/mol. The molecular formula is C19H19ClFN3O2. The Morgan fingerprint density at radius 3 is 2.62 bits per heavy atom. The second-order valence-electron chi connectivity index (χ2n) is 6.14. The zero-order chi connectivity index (χ0) is 18.5. The van der Waals surface area contributed by atoms with Crippen molar-refractivity contribution in [3.63, 3.8) is 0 Å². The number of urea groups is 1. The minimum atomic E-state index is -0.599. The molecule has 0 aliphatic carbocycles. The Morgan fingerprint density at radius 1 is 1.12 bits per heavy atom. The Bertz CT molecular complexity index is 822. The van der Waals surface area contributed by atoms with Gasteiger partial charge in [0.25, 0.3) is 5.91 Å². The van der Waals surface area contributed by atoms with Crippen LogP contribution in [-0.2, 0) is 6.54 Å². The van der Waals surface area contributed by atoms with Crippen LogP contribution >= 0.6 is 11.6 Å². The molecule has 1 aliphatic rings. The first-order valence-electron chi connectivity index (χ1n) is 8.41. The molecule has 2 aromatic carbocycles. The van der Waals surface area contributed by atoms with Crippen molar-refractivity contribution in [3.8, 4) is 0 Å². The number of amides is 3. The van der Waals surface area contributed by atoms with E-state index in [2.05, 4.69) is 10.6 Å². The van der Waals surface area contributed by atoms with Crippen molar-refractivity contribution in [1.82, 2.24) is 10.2 Å². The van der Waals surface area contributed by atoms with E-state index in [0.717, 1.165) is 37.6 Å². The highest BCUT2D eigenvalue weighted by Crippen LogP contribution is 2.18. The molecule has 1 aliphatic heterocycles. The number of nitrogens with one attached hydrogen (secondary N) is 2.